The van der Waals surface area contributed by atoms with Crippen molar-refractivity contribution in [3.63, 3.8) is 0 Å². The Morgan fingerprint density at radius 1 is 1.15 bits per heavy atom. The maximum atomic E-state index is 13.3. The van der Waals surface area contributed by atoms with Crippen LogP contribution in [0.3, 0.4) is 0 Å². The molecule has 0 aromatic heterocycles. The zero-order valence-corrected chi connectivity index (χ0v) is 19.6. The lowest BCUT2D eigenvalue weighted by Crippen LogP contribution is -2.42. The normalized spacial score (nSPS) is 19.3. The number of nitrogens with zero attached hydrogens (tertiary/aromatic N) is 2. The molecule has 0 radical (unpaired) electrons. The predicted molar refractivity (Wildman–Crippen MR) is 124 cm³/mol. The predicted octanol–water partition coefficient (Wildman–Crippen LogP) is 3.62. The summed E-state index contributed by atoms with van der Waals surface area (Å²) in [5.41, 5.74) is 2.33. The largest absolute Gasteiger partial charge is 0.324 e. The average Bonchev–Trinajstić information content (AvgIpc) is 2.77. The summed E-state index contributed by atoms with van der Waals surface area (Å²) in [5.74, 6) is -1.01. The Balaban J connectivity index is 1.55. The van der Waals surface area contributed by atoms with Gasteiger partial charge in [0.25, 0.3) is 0 Å². The summed E-state index contributed by atoms with van der Waals surface area (Å²) < 4.78 is 41.3. The van der Waals surface area contributed by atoms with Crippen molar-refractivity contribution in [1.29, 1.82) is 0 Å². The number of benzene rings is 2. The summed E-state index contributed by atoms with van der Waals surface area (Å²) >= 11 is 0. The number of nitrogens with one attached hydrogen (secondary N) is 1. The van der Waals surface area contributed by atoms with Gasteiger partial charge in [-0.15, -0.1) is 0 Å². The average molecular weight is 474 g/mol. The highest BCUT2D eigenvalue weighted by molar-refractivity contribution is 7.89. The number of piperidine rings is 1. The van der Waals surface area contributed by atoms with E-state index in [1.807, 2.05) is 6.92 Å². The second-order valence-electron chi connectivity index (χ2n) is 8.74. The molecule has 2 aromatic carbocycles. The van der Waals surface area contributed by atoms with E-state index in [1.165, 1.54) is 29.2 Å². The van der Waals surface area contributed by atoms with Crippen molar-refractivity contribution in [3.05, 3.63) is 53.3 Å². The van der Waals surface area contributed by atoms with E-state index in [4.69, 9.17) is 0 Å². The first kappa shape index (κ1) is 23.4. The van der Waals surface area contributed by atoms with E-state index >= 15 is 0 Å². The van der Waals surface area contributed by atoms with Crippen LogP contribution in [0.25, 0.3) is 0 Å². The van der Waals surface area contributed by atoms with Gasteiger partial charge >= 0.3 is 0 Å². The third kappa shape index (κ3) is 4.79. The van der Waals surface area contributed by atoms with Crippen LogP contribution in [0.4, 0.5) is 15.8 Å². The van der Waals surface area contributed by atoms with Gasteiger partial charge in [-0.05, 0) is 80.6 Å². The standard InChI is InChI=1S/C24H28FN3O4S/c1-16-13-19(25)7-9-21(16)26-23(29)15-27-22-10-8-20(14-18(22)6-11-24(27)30)33(31,32)28-12-4-3-5-17(28)2/h7-10,13-14,17H,3-6,11-12,15H2,1-2H3,(H,26,29)/t17-/m1/s1. The minimum atomic E-state index is -3.63. The highest BCUT2D eigenvalue weighted by Crippen LogP contribution is 2.32. The monoisotopic (exact) mass is 473 g/mol. The Kier molecular flexibility index (Phi) is 6.54. The van der Waals surface area contributed by atoms with E-state index in [0.717, 1.165) is 24.8 Å². The molecule has 9 heteroatoms. The summed E-state index contributed by atoms with van der Waals surface area (Å²) in [4.78, 5) is 26.8. The molecule has 33 heavy (non-hydrogen) atoms. The third-order valence-electron chi connectivity index (χ3n) is 6.36. The van der Waals surface area contributed by atoms with E-state index in [2.05, 4.69) is 5.32 Å². The van der Waals surface area contributed by atoms with Crippen LogP contribution in [0.5, 0.6) is 0 Å². The van der Waals surface area contributed by atoms with Crippen LogP contribution >= 0.6 is 0 Å². The summed E-state index contributed by atoms with van der Waals surface area (Å²) in [6.45, 7) is 3.91. The number of hydrogen-bond acceptors (Lipinski definition) is 4. The molecule has 176 valence electrons. The molecule has 4 rings (SSSR count). The topological polar surface area (TPSA) is 86.8 Å². The van der Waals surface area contributed by atoms with Crippen LogP contribution in [-0.4, -0.2) is 43.7 Å². The molecular weight excluding hydrogens is 445 g/mol. The van der Waals surface area contributed by atoms with Crippen molar-refractivity contribution >= 4 is 33.2 Å². The number of aryl methyl sites for hydroxylation is 2. The van der Waals surface area contributed by atoms with Gasteiger partial charge in [-0.25, -0.2) is 12.8 Å². The second-order valence-corrected chi connectivity index (χ2v) is 10.6. The summed E-state index contributed by atoms with van der Waals surface area (Å²) in [6, 6.07) is 8.78. The van der Waals surface area contributed by atoms with Crippen molar-refractivity contribution < 1.29 is 22.4 Å². The molecule has 2 amide bonds. The van der Waals surface area contributed by atoms with Crippen molar-refractivity contribution in [2.45, 2.75) is 56.9 Å². The lowest BCUT2D eigenvalue weighted by atomic mass is 10.0. The number of rotatable bonds is 5. The van der Waals surface area contributed by atoms with Crippen molar-refractivity contribution in [2.24, 2.45) is 0 Å². The molecule has 1 fully saturated rings. The fourth-order valence-corrected chi connectivity index (χ4v) is 6.29. The van der Waals surface area contributed by atoms with Crippen molar-refractivity contribution in [3.8, 4) is 0 Å². The van der Waals surface area contributed by atoms with E-state index in [1.54, 1.807) is 23.4 Å². The minimum Gasteiger partial charge on any atom is -0.324 e. The van der Waals surface area contributed by atoms with Crippen LogP contribution in [-0.2, 0) is 26.0 Å². The zero-order chi connectivity index (χ0) is 23.8. The Labute approximate surface area is 193 Å². The summed E-state index contributed by atoms with van der Waals surface area (Å²) in [7, 11) is -3.63. The summed E-state index contributed by atoms with van der Waals surface area (Å²) in [6.07, 6.45) is 3.32. The molecule has 0 bridgehead atoms. The number of anilines is 2. The van der Waals surface area contributed by atoms with Crippen LogP contribution in [0.1, 0.15) is 43.7 Å². The number of fused-ring (bicyclic) bond motifs is 1. The number of sulfonamides is 1. The molecular formula is C24H28FN3O4S. The summed E-state index contributed by atoms with van der Waals surface area (Å²) in [5, 5.41) is 2.72. The van der Waals surface area contributed by atoms with Crippen LogP contribution < -0.4 is 10.2 Å². The molecule has 2 aliphatic rings. The van der Waals surface area contributed by atoms with Crippen LogP contribution in [0, 0.1) is 12.7 Å². The molecule has 0 unspecified atom stereocenters. The fourth-order valence-electron chi connectivity index (χ4n) is 4.54. The van der Waals surface area contributed by atoms with Gasteiger partial charge in [-0.2, -0.15) is 4.31 Å². The molecule has 0 spiro atoms. The quantitative estimate of drug-likeness (QED) is 0.719. The van der Waals surface area contributed by atoms with E-state index in [0.29, 0.717) is 29.9 Å². The maximum absolute atomic E-state index is 13.3. The van der Waals surface area contributed by atoms with Crippen LogP contribution in [0.15, 0.2) is 41.3 Å². The Bertz CT molecular complexity index is 1200. The van der Waals surface area contributed by atoms with Gasteiger partial charge in [0, 0.05) is 30.4 Å². The smallest absolute Gasteiger partial charge is 0.244 e. The Morgan fingerprint density at radius 3 is 2.67 bits per heavy atom. The molecule has 7 nitrogen and oxygen atoms in total. The first-order valence-electron chi connectivity index (χ1n) is 11.2. The SMILES string of the molecule is Cc1cc(F)ccc1NC(=O)CN1C(=O)CCc2cc(S(=O)(=O)N3CCCC[C@H]3C)ccc21. The first-order valence-corrected chi connectivity index (χ1v) is 12.6. The highest BCUT2D eigenvalue weighted by Gasteiger charge is 2.33. The third-order valence-corrected chi connectivity index (χ3v) is 8.37. The second kappa shape index (κ2) is 9.23. The van der Waals surface area contributed by atoms with E-state index in [9.17, 15) is 22.4 Å². The van der Waals surface area contributed by atoms with Crippen molar-refractivity contribution in [1.82, 2.24) is 4.31 Å². The number of halogens is 1. The molecule has 2 aromatic rings. The highest BCUT2D eigenvalue weighted by atomic mass is 32.2. The van der Waals surface area contributed by atoms with Gasteiger partial charge in [-0.1, -0.05) is 6.42 Å². The van der Waals surface area contributed by atoms with Gasteiger partial charge < -0.3 is 10.2 Å². The number of carbonyl (C=O) groups excluding carboxylic acids is 2. The molecule has 1 atom stereocenters. The maximum Gasteiger partial charge on any atom is 0.244 e. The molecule has 2 heterocycles. The van der Waals surface area contributed by atoms with E-state index in [-0.39, 0.29) is 29.8 Å². The van der Waals surface area contributed by atoms with Gasteiger partial charge in [0.2, 0.25) is 21.8 Å². The Hall–Kier alpha value is -2.78. The fraction of sp³-hybridized carbons (Fsp3) is 0.417. The number of amides is 2. The zero-order valence-electron chi connectivity index (χ0n) is 18.8. The molecule has 2 aliphatic heterocycles. The van der Waals surface area contributed by atoms with Gasteiger partial charge in [0.05, 0.1) is 4.90 Å². The minimum absolute atomic E-state index is 0.0449. The molecule has 1 N–H and O–H groups in total. The van der Waals surface area contributed by atoms with E-state index < -0.39 is 21.7 Å². The van der Waals surface area contributed by atoms with Crippen molar-refractivity contribution in [2.75, 3.05) is 23.3 Å². The lowest BCUT2D eigenvalue weighted by molar-refractivity contribution is -0.121. The molecule has 0 aliphatic carbocycles. The number of hydrogen-bond donors (Lipinski definition) is 1. The Morgan fingerprint density at radius 2 is 1.94 bits per heavy atom. The molecule has 1 saturated heterocycles. The first-order chi connectivity index (χ1) is 15.7. The number of carbonyl (C=O) groups is 2. The van der Waals surface area contributed by atoms with Gasteiger partial charge in [0.15, 0.2) is 0 Å². The van der Waals surface area contributed by atoms with Gasteiger partial charge in [-0.3, -0.25) is 9.59 Å². The van der Waals surface area contributed by atoms with Crippen LogP contribution in [0.2, 0.25) is 0 Å². The van der Waals surface area contributed by atoms with Gasteiger partial charge in [0.1, 0.15) is 12.4 Å². The molecule has 0 saturated carbocycles. The lowest BCUT2D eigenvalue weighted by Gasteiger charge is -2.33.